The van der Waals surface area contributed by atoms with Crippen LogP contribution in [0.15, 0.2) is 11.2 Å². The summed E-state index contributed by atoms with van der Waals surface area (Å²) in [5, 5.41) is 0.148. The average molecular weight is 363 g/mol. The molecule has 0 aromatic carbocycles. The molecule has 1 aromatic heterocycles. The third kappa shape index (κ3) is 3.57. The summed E-state index contributed by atoms with van der Waals surface area (Å²) in [7, 11) is -3.62. The van der Waals surface area contributed by atoms with E-state index in [1.165, 1.54) is 0 Å². The monoisotopic (exact) mass is 362 g/mol. The fourth-order valence-electron chi connectivity index (χ4n) is 3.75. The van der Waals surface area contributed by atoms with E-state index >= 15 is 0 Å². The molecule has 2 heterocycles. The molecule has 6 nitrogen and oxygen atoms in total. The van der Waals surface area contributed by atoms with Gasteiger partial charge >= 0.3 is 0 Å². The van der Waals surface area contributed by atoms with Crippen LogP contribution in [0.2, 0.25) is 0 Å². The first-order chi connectivity index (χ1) is 10.5. The highest BCUT2D eigenvalue weighted by Crippen LogP contribution is 2.34. The minimum absolute atomic E-state index is 0. The summed E-state index contributed by atoms with van der Waals surface area (Å²) in [5.41, 5.74) is 5.43. The summed E-state index contributed by atoms with van der Waals surface area (Å²) in [6, 6.07) is 0. The Morgan fingerprint density at radius 1 is 1.39 bits per heavy atom. The Kier molecular flexibility index (Phi) is 5.76. The van der Waals surface area contributed by atoms with Gasteiger partial charge in [-0.3, -0.25) is 0 Å². The number of rotatable bonds is 4. The van der Waals surface area contributed by atoms with Crippen LogP contribution in [0.4, 0.5) is 0 Å². The Morgan fingerprint density at radius 2 is 2.17 bits per heavy atom. The van der Waals surface area contributed by atoms with Crippen molar-refractivity contribution in [2.75, 3.05) is 6.54 Å². The molecular formula is C15H27ClN4O2S. The zero-order valence-corrected chi connectivity index (χ0v) is 15.3. The Labute approximate surface area is 144 Å². The average Bonchev–Trinajstić information content (AvgIpc) is 2.94. The number of fused-ring (bicyclic) bond motifs is 1. The molecular weight excluding hydrogens is 336 g/mol. The van der Waals surface area contributed by atoms with Gasteiger partial charge in [-0.25, -0.2) is 18.1 Å². The topological polar surface area (TPSA) is 90.0 Å². The van der Waals surface area contributed by atoms with Gasteiger partial charge in [0.2, 0.25) is 0 Å². The Balaban J connectivity index is 0.00000192. The van der Waals surface area contributed by atoms with Gasteiger partial charge in [-0.1, -0.05) is 19.8 Å². The molecule has 1 fully saturated rings. The van der Waals surface area contributed by atoms with Crippen LogP contribution in [0.25, 0.3) is 0 Å². The van der Waals surface area contributed by atoms with Crippen LogP contribution < -0.4 is 10.5 Å². The van der Waals surface area contributed by atoms with Crippen molar-refractivity contribution in [2.45, 2.75) is 69.0 Å². The number of nitrogens with one attached hydrogen (secondary N) is 1. The minimum atomic E-state index is -3.62. The predicted molar refractivity (Wildman–Crippen MR) is 92.2 cm³/mol. The number of nitrogens with two attached hydrogens (primary N) is 1. The largest absolute Gasteiger partial charge is 0.333 e. The molecule has 0 spiro atoms. The van der Waals surface area contributed by atoms with Gasteiger partial charge in [-0.05, 0) is 31.6 Å². The van der Waals surface area contributed by atoms with E-state index in [0.717, 1.165) is 57.3 Å². The molecule has 132 valence electrons. The molecule has 0 radical (unpaired) electrons. The highest BCUT2D eigenvalue weighted by molar-refractivity contribution is 7.89. The van der Waals surface area contributed by atoms with Crippen molar-refractivity contribution >= 4 is 22.4 Å². The number of aromatic nitrogens is 2. The number of imidazole rings is 1. The van der Waals surface area contributed by atoms with Crippen molar-refractivity contribution in [2.24, 2.45) is 11.7 Å². The Bertz CT molecular complexity index is 622. The quantitative estimate of drug-likeness (QED) is 0.854. The van der Waals surface area contributed by atoms with Crippen molar-refractivity contribution in [3.05, 3.63) is 12.0 Å². The molecule has 0 bridgehead atoms. The van der Waals surface area contributed by atoms with E-state index in [0.29, 0.717) is 6.54 Å². The van der Waals surface area contributed by atoms with E-state index < -0.39 is 15.6 Å². The molecule has 0 amide bonds. The lowest BCUT2D eigenvalue weighted by Gasteiger charge is -2.42. The van der Waals surface area contributed by atoms with Gasteiger partial charge in [0.15, 0.2) is 5.03 Å². The van der Waals surface area contributed by atoms with Crippen LogP contribution in [0, 0.1) is 5.92 Å². The Hall–Kier alpha value is -0.630. The van der Waals surface area contributed by atoms with E-state index in [2.05, 4.69) is 16.6 Å². The SMILES string of the molecule is CC1CCCCC1(CN)NS(=O)(=O)c1cn2c(n1)CCCC2.Cl. The molecule has 1 saturated carbocycles. The molecule has 1 aromatic rings. The second-order valence-electron chi connectivity index (χ2n) is 6.76. The van der Waals surface area contributed by atoms with Crippen molar-refractivity contribution in [3.8, 4) is 0 Å². The zero-order chi connectivity index (χ0) is 15.8. The molecule has 2 atom stereocenters. The second kappa shape index (κ2) is 7.09. The normalized spacial score (nSPS) is 28.0. The van der Waals surface area contributed by atoms with Gasteiger partial charge in [0, 0.05) is 31.2 Å². The van der Waals surface area contributed by atoms with Gasteiger partial charge < -0.3 is 10.3 Å². The number of aryl methyl sites for hydroxylation is 2. The summed E-state index contributed by atoms with van der Waals surface area (Å²) >= 11 is 0. The lowest BCUT2D eigenvalue weighted by Crippen LogP contribution is -2.59. The summed E-state index contributed by atoms with van der Waals surface area (Å²) < 4.78 is 30.4. The van der Waals surface area contributed by atoms with E-state index in [4.69, 9.17) is 5.73 Å². The minimum Gasteiger partial charge on any atom is -0.333 e. The highest BCUT2D eigenvalue weighted by Gasteiger charge is 2.41. The van der Waals surface area contributed by atoms with E-state index in [-0.39, 0.29) is 23.4 Å². The zero-order valence-electron chi connectivity index (χ0n) is 13.6. The molecule has 8 heteroatoms. The Morgan fingerprint density at radius 3 is 2.83 bits per heavy atom. The molecule has 1 aliphatic carbocycles. The number of hydrogen-bond acceptors (Lipinski definition) is 4. The highest BCUT2D eigenvalue weighted by atomic mass is 35.5. The molecule has 1 aliphatic heterocycles. The van der Waals surface area contributed by atoms with Crippen molar-refractivity contribution in [3.63, 3.8) is 0 Å². The maximum absolute atomic E-state index is 12.8. The molecule has 0 saturated heterocycles. The van der Waals surface area contributed by atoms with Gasteiger partial charge in [0.25, 0.3) is 10.0 Å². The lowest BCUT2D eigenvalue weighted by atomic mass is 9.74. The molecule has 3 N–H and O–H groups in total. The fourth-order valence-corrected chi connectivity index (χ4v) is 5.26. The van der Waals surface area contributed by atoms with Crippen LogP contribution in [0.3, 0.4) is 0 Å². The summed E-state index contributed by atoms with van der Waals surface area (Å²) in [6.45, 7) is 3.28. The molecule has 2 aliphatic rings. The maximum atomic E-state index is 12.8. The second-order valence-corrected chi connectivity index (χ2v) is 8.39. The van der Waals surface area contributed by atoms with Crippen LogP contribution in [-0.4, -0.2) is 30.1 Å². The van der Waals surface area contributed by atoms with Gasteiger partial charge in [0.05, 0.1) is 0 Å². The standard InChI is InChI=1S/C15H26N4O2S.ClH/c1-12-6-2-4-8-15(12,11-16)18-22(20,21)14-10-19-9-5-3-7-13(19)17-14;/h10,12,18H,2-9,11,16H2,1H3;1H. The first kappa shape index (κ1) is 18.7. The lowest BCUT2D eigenvalue weighted by molar-refractivity contribution is 0.191. The van der Waals surface area contributed by atoms with Crippen LogP contribution in [0.1, 0.15) is 51.3 Å². The smallest absolute Gasteiger partial charge is 0.260 e. The third-order valence-corrected chi connectivity index (χ3v) is 6.74. The number of hydrogen-bond donors (Lipinski definition) is 2. The van der Waals surface area contributed by atoms with Gasteiger partial charge in [0.1, 0.15) is 5.82 Å². The first-order valence-electron chi connectivity index (χ1n) is 8.27. The molecule has 23 heavy (non-hydrogen) atoms. The summed E-state index contributed by atoms with van der Waals surface area (Å²) in [5.74, 6) is 1.13. The van der Waals surface area contributed by atoms with Crippen molar-refractivity contribution in [1.82, 2.24) is 14.3 Å². The first-order valence-corrected chi connectivity index (χ1v) is 9.75. The molecule has 2 unspecified atom stereocenters. The predicted octanol–water partition coefficient (Wildman–Crippen LogP) is 1.83. The van der Waals surface area contributed by atoms with E-state index in [9.17, 15) is 8.42 Å². The number of sulfonamides is 1. The number of halogens is 1. The van der Waals surface area contributed by atoms with Gasteiger partial charge in [-0.15, -0.1) is 12.4 Å². The maximum Gasteiger partial charge on any atom is 0.260 e. The summed E-state index contributed by atoms with van der Waals surface area (Å²) in [4.78, 5) is 4.35. The van der Waals surface area contributed by atoms with Crippen LogP contribution in [0.5, 0.6) is 0 Å². The summed E-state index contributed by atoms with van der Waals surface area (Å²) in [6.07, 6.45) is 8.67. The van der Waals surface area contributed by atoms with E-state index in [1.807, 2.05) is 4.57 Å². The van der Waals surface area contributed by atoms with Crippen LogP contribution >= 0.6 is 12.4 Å². The van der Waals surface area contributed by atoms with Crippen LogP contribution in [-0.2, 0) is 23.0 Å². The van der Waals surface area contributed by atoms with E-state index in [1.54, 1.807) is 6.20 Å². The third-order valence-electron chi connectivity index (χ3n) is 5.32. The van der Waals surface area contributed by atoms with Gasteiger partial charge in [-0.2, -0.15) is 0 Å². The van der Waals surface area contributed by atoms with Crippen molar-refractivity contribution in [1.29, 1.82) is 0 Å². The number of nitrogens with zero attached hydrogens (tertiary/aromatic N) is 2. The molecule has 3 rings (SSSR count). The van der Waals surface area contributed by atoms with Crippen molar-refractivity contribution < 1.29 is 8.42 Å². The fraction of sp³-hybridized carbons (Fsp3) is 0.800.